The zero-order chi connectivity index (χ0) is 9.40. The summed E-state index contributed by atoms with van der Waals surface area (Å²) >= 11 is 3.52. The summed E-state index contributed by atoms with van der Waals surface area (Å²) in [6, 6.07) is 0. The van der Waals surface area contributed by atoms with Crippen LogP contribution < -0.4 is 0 Å². The Hall–Kier alpha value is -0.560. The second-order valence-corrected chi connectivity index (χ2v) is 3.44. The molecule has 0 spiro atoms. The number of rotatable bonds is 6. The fraction of sp³-hybridized carbons (Fsp3) is 0.273. The highest BCUT2D eigenvalue weighted by atomic mass is 79.9. The average molecular weight is 227 g/mol. The molecule has 0 saturated heterocycles. The molecule has 0 unspecified atom stereocenters. The third-order valence-electron chi connectivity index (χ3n) is 1.49. The molecule has 0 amide bonds. The summed E-state index contributed by atoms with van der Waals surface area (Å²) in [4.78, 5) is 0. The molecule has 0 aliphatic heterocycles. The molecule has 0 aromatic heterocycles. The predicted molar refractivity (Wildman–Crippen MR) is 60.4 cm³/mol. The second kappa shape index (κ2) is 7.11. The van der Waals surface area contributed by atoms with Crippen molar-refractivity contribution in [3.8, 4) is 0 Å². The molecule has 1 heteroatoms. The lowest BCUT2D eigenvalue weighted by Gasteiger charge is -2.04. The van der Waals surface area contributed by atoms with Crippen molar-refractivity contribution in [3.05, 3.63) is 48.0 Å². The second-order valence-electron chi connectivity index (χ2n) is 2.49. The molecule has 0 heterocycles. The van der Waals surface area contributed by atoms with Crippen molar-refractivity contribution < 1.29 is 0 Å². The first-order valence-corrected chi connectivity index (χ1v) is 4.74. The minimum atomic E-state index is 0.886. The summed E-state index contributed by atoms with van der Waals surface area (Å²) in [6.45, 7) is 11.1. The van der Waals surface area contributed by atoms with Gasteiger partial charge in [-0.2, -0.15) is 0 Å². The van der Waals surface area contributed by atoms with Crippen molar-refractivity contribution in [1.29, 1.82) is 0 Å². The van der Waals surface area contributed by atoms with Crippen molar-refractivity contribution in [1.82, 2.24) is 0 Å². The predicted octanol–water partition coefficient (Wildman–Crippen LogP) is 4.36. The van der Waals surface area contributed by atoms with Crippen molar-refractivity contribution in [2.45, 2.75) is 19.3 Å². The van der Waals surface area contributed by atoms with Crippen molar-refractivity contribution in [2.24, 2.45) is 0 Å². The molecule has 0 aliphatic carbocycles. The maximum Gasteiger partial charge on any atom is -0.00135 e. The summed E-state index contributed by atoms with van der Waals surface area (Å²) in [7, 11) is 0. The molecule has 0 atom stereocenters. The van der Waals surface area contributed by atoms with Crippen LogP contribution >= 0.6 is 15.9 Å². The van der Waals surface area contributed by atoms with Gasteiger partial charge in [0.15, 0.2) is 0 Å². The molecule has 66 valence electrons. The van der Waals surface area contributed by atoms with Gasteiger partial charge >= 0.3 is 0 Å². The maximum absolute atomic E-state index is 3.71. The van der Waals surface area contributed by atoms with Crippen LogP contribution in [0.25, 0.3) is 0 Å². The lowest BCUT2D eigenvalue weighted by molar-refractivity contribution is 1.08. The number of hydrogen-bond donors (Lipinski definition) is 0. The Morgan fingerprint density at radius 1 is 0.917 bits per heavy atom. The topological polar surface area (TPSA) is 0 Å². The standard InChI is InChI=1S/C11H15Br/c1-4-7-10(8-5-2)11(12)9-6-3/h4-6H,1-3,7-9H2. The highest BCUT2D eigenvalue weighted by Gasteiger charge is 1.98. The molecule has 0 saturated carbocycles. The van der Waals surface area contributed by atoms with Crippen LogP contribution in [0.3, 0.4) is 0 Å². The van der Waals surface area contributed by atoms with Gasteiger partial charge in [0.05, 0.1) is 0 Å². The Kier molecular flexibility index (Phi) is 6.78. The Morgan fingerprint density at radius 2 is 1.33 bits per heavy atom. The van der Waals surface area contributed by atoms with Gasteiger partial charge in [-0.05, 0) is 23.7 Å². The first kappa shape index (κ1) is 11.4. The minimum Gasteiger partial charge on any atom is -0.103 e. The Labute approximate surface area is 83.5 Å². The van der Waals surface area contributed by atoms with Gasteiger partial charge in [-0.3, -0.25) is 0 Å². The van der Waals surface area contributed by atoms with Gasteiger partial charge in [0.2, 0.25) is 0 Å². The molecule has 0 bridgehead atoms. The highest BCUT2D eigenvalue weighted by Crippen LogP contribution is 2.22. The van der Waals surface area contributed by atoms with Gasteiger partial charge < -0.3 is 0 Å². The molecular formula is C11H15Br. The van der Waals surface area contributed by atoms with Crippen LogP contribution in [0, 0.1) is 0 Å². The van der Waals surface area contributed by atoms with Crippen LogP contribution in [0.5, 0.6) is 0 Å². The Morgan fingerprint density at radius 3 is 1.67 bits per heavy atom. The summed E-state index contributed by atoms with van der Waals surface area (Å²) in [5, 5.41) is 0. The fourth-order valence-electron chi connectivity index (χ4n) is 0.924. The van der Waals surface area contributed by atoms with E-state index in [1.807, 2.05) is 18.2 Å². The van der Waals surface area contributed by atoms with E-state index in [9.17, 15) is 0 Å². The first-order chi connectivity index (χ1) is 5.76. The van der Waals surface area contributed by atoms with Gasteiger partial charge in [-0.25, -0.2) is 0 Å². The quantitative estimate of drug-likeness (QED) is 0.591. The SMILES string of the molecule is C=CCC(Br)=C(CC=C)CC=C. The summed E-state index contributed by atoms with van der Waals surface area (Å²) in [5.74, 6) is 0. The van der Waals surface area contributed by atoms with Gasteiger partial charge in [-0.15, -0.1) is 19.7 Å². The molecule has 0 radical (unpaired) electrons. The smallest absolute Gasteiger partial charge is 0.00135 e. The number of hydrogen-bond acceptors (Lipinski definition) is 0. The lowest BCUT2D eigenvalue weighted by atomic mass is 10.1. The molecule has 0 aromatic carbocycles. The highest BCUT2D eigenvalue weighted by molar-refractivity contribution is 9.11. The van der Waals surface area contributed by atoms with Crippen LogP contribution in [0.4, 0.5) is 0 Å². The molecule has 0 nitrogen and oxygen atoms in total. The fourth-order valence-corrected chi connectivity index (χ4v) is 1.48. The molecule has 0 rings (SSSR count). The molecule has 12 heavy (non-hydrogen) atoms. The van der Waals surface area contributed by atoms with Crippen LogP contribution in [-0.2, 0) is 0 Å². The van der Waals surface area contributed by atoms with Crippen LogP contribution in [-0.4, -0.2) is 0 Å². The van der Waals surface area contributed by atoms with Gasteiger partial charge in [0.1, 0.15) is 0 Å². The molecular weight excluding hydrogens is 212 g/mol. The Bertz CT molecular complexity index is 187. The van der Waals surface area contributed by atoms with E-state index >= 15 is 0 Å². The average Bonchev–Trinajstić information content (AvgIpc) is 2.04. The zero-order valence-electron chi connectivity index (χ0n) is 7.35. The van der Waals surface area contributed by atoms with Crippen LogP contribution in [0.15, 0.2) is 48.0 Å². The van der Waals surface area contributed by atoms with E-state index in [4.69, 9.17) is 0 Å². The van der Waals surface area contributed by atoms with Crippen LogP contribution in [0.1, 0.15) is 19.3 Å². The maximum atomic E-state index is 3.71. The van der Waals surface area contributed by atoms with E-state index in [2.05, 4.69) is 35.7 Å². The van der Waals surface area contributed by atoms with E-state index < -0.39 is 0 Å². The lowest BCUT2D eigenvalue weighted by Crippen LogP contribution is -1.83. The third kappa shape index (κ3) is 4.35. The minimum absolute atomic E-state index is 0.886. The first-order valence-electron chi connectivity index (χ1n) is 3.95. The van der Waals surface area contributed by atoms with E-state index in [1.54, 1.807) is 0 Å². The zero-order valence-corrected chi connectivity index (χ0v) is 8.94. The molecule has 0 fully saturated rings. The van der Waals surface area contributed by atoms with Crippen molar-refractivity contribution in [3.63, 3.8) is 0 Å². The normalized spacial score (nSPS) is 8.75. The molecule has 0 aliphatic rings. The van der Waals surface area contributed by atoms with Crippen LogP contribution in [0.2, 0.25) is 0 Å². The molecule has 0 aromatic rings. The van der Waals surface area contributed by atoms with Gasteiger partial charge in [-0.1, -0.05) is 39.7 Å². The summed E-state index contributed by atoms with van der Waals surface area (Å²) in [6.07, 6.45) is 8.42. The van der Waals surface area contributed by atoms with E-state index in [0.717, 1.165) is 19.3 Å². The largest absolute Gasteiger partial charge is 0.103 e. The van der Waals surface area contributed by atoms with Crippen molar-refractivity contribution in [2.75, 3.05) is 0 Å². The van der Waals surface area contributed by atoms with E-state index in [1.165, 1.54) is 10.1 Å². The number of halogens is 1. The summed E-state index contributed by atoms with van der Waals surface area (Å²) < 4.78 is 1.21. The number of allylic oxidation sites excluding steroid dienone is 5. The summed E-state index contributed by atoms with van der Waals surface area (Å²) in [5.41, 5.74) is 1.33. The van der Waals surface area contributed by atoms with Crippen molar-refractivity contribution >= 4 is 15.9 Å². The Balaban J connectivity index is 4.39. The molecule has 0 N–H and O–H groups in total. The van der Waals surface area contributed by atoms with E-state index in [-0.39, 0.29) is 0 Å². The third-order valence-corrected chi connectivity index (χ3v) is 2.37. The van der Waals surface area contributed by atoms with Gasteiger partial charge in [0, 0.05) is 0 Å². The van der Waals surface area contributed by atoms with Gasteiger partial charge in [0.25, 0.3) is 0 Å². The monoisotopic (exact) mass is 226 g/mol. The van der Waals surface area contributed by atoms with E-state index in [0.29, 0.717) is 0 Å².